The van der Waals surface area contributed by atoms with E-state index in [2.05, 4.69) is 33.4 Å². The van der Waals surface area contributed by atoms with Crippen LogP contribution in [0.1, 0.15) is 25.3 Å². The molecule has 4 nitrogen and oxygen atoms in total. The molecule has 0 aliphatic rings. The molecule has 0 aromatic heterocycles. The lowest BCUT2D eigenvalue weighted by atomic mass is 10.1. The van der Waals surface area contributed by atoms with Crippen LogP contribution in [-0.2, 0) is 6.42 Å². The van der Waals surface area contributed by atoms with E-state index in [0.717, 1.165) is 29.4 Å². The molecule has 5 heteroatoms. The van der Waals surface area contributed by atoms with Crippen LogP contribution < -0.4 is 5.43 Å². The molecule has 1 aromatic carbocycles. The molecule has 0 unspecified atom stereocenters. The second kappa shape index (κ2) is 7.47. The van der Waals surface area contributed by atoms with Crippen molar-refractivity contribution in [3.05, 3.63) is 28.2 Å². The first-order chi connectivity index (χ1) is 8.71. The molecule has 0 saturated carbocycles. The van der Waals surface area contributed by atoms with E-state index in [4.69, 9.17) is 10.5 Å². The molecule has 0 saturated heterocycles. The molecule has 0 aliphatic carbocycles. The van der Waals surface area contributed by atoms with E-state index in [0.29, 0.717) is 0 Å². The highest BCUT2D eigenvalue weighted by molar-refractivity contribution is 9.10. The quantitative estimate of drug-likeness (QED) is 0.667. The molecule has 1 rings (SSSR count). The fourth-order valence-electron chi connectivity index (χ4n) is 1.38. The van der Waals surface area contributed by atoms with E-state index in [9.17, 15) is 0 Å². The third-order valence-corrected chi connectivity index (χ3v) is 3.01. The fourth-order valence-corrected chi connectivity index (χ4v) is 1.89. The molecule has 0 heterocycles. The van der Waals surface area contributed by atoms with Gasteiger partial charge in [-0.05, 0) is 46.5 Å². The first-order valence-corrected chi connectivity index (χ1v) is 6.43. The average Bonchev–Trinajstić information content (AvgIpc) is 2.39. The number of nitrogens with one attached hydrogen (secondary N) is 1. The number of nitrogens with zero attached hydrogens (tertiary/aromatic N) is 3. The van der Waals surface area contributed by atoms with E-state index in [-0.39, 0.29) is 5.71 Å². The Morgan fingerprint density at radius 2 is 2.11 bits per heavy atom. The number of unbranched alkanes of at least 4 members (excludes halogenated alkanes) is 1. The second-order valence-corrected chi connectivity index (χ2v) is 4.57. The molecule has 0 spiro atoms. The Labute approximate surface area is 115 Å². The monoisotopic (exact) mass is 304 g/mol. The van der Waals surface area contributed by atoms with Gasteiger partial charge < -0.3 is 0 Å². The maximum absolute atomic E-state index is 8.56. The van der Waals surface area contributed by atoms with Gasteiger partial charge in [0, 0.05) is 4.47 Å². The summed E-state index contributed by atoms with van der Waals surface area (Å²) >= 11 is 3.44. The Kier molecular flexibility index (Phi) is 5.90. The van der Waals surface area contributed by atoms with Crippen molar-refractivity contribution in [1.29, 1.82) is 10.5 Å². The van der Waals surface area contributed by atoms with Gasteiger partial charge in [-0.1, -0.05) is 19.4 Å². The van der Waals surface area contributed by atoms with Crippen molar-refractivity contribution in [3.63, 3.8) is 0 Å². The molecule has 0 bridgehead atoms. The van der Waals surface area contributed by atoms with Gasteiger partial charge in [0.05, 0.1) is 5.69 Å². The number of hydrazone groups is 1. The number of aryl methyl sites for hydroxylation is 1. The predicted molar refractivity (Wildman–Crippen MR) is 75.0 cm³/mol. The van der Waals surface area contributed by atoms with E-state index in [1.54, 1.807) is 12.1 Å². The molecule has 0 fully saturated rings. The van der Waals surface area contributed by atoms with Gasteiger partial charge in [-0.15, -0.1) is 0 Å². The Balaban J connectivity index is 2.78. The summed E-state index contributed by atoms with van der Waals surface area (Å²) in [6.45, 7) is 2.16. The molecule has 1 aromatic rings. The average molecular weight is 305 g/mol. The molecule has 1 N–H and O–H groups in total. The zero-order chi connectivity index (χ0) is 13.4. The number of benzene rings is 1. The van der Waals surface area contributed by atoms with E-state index in [1.165, 1.54) is 5.56 Å². The van der Waals surface area contributed by atoms with Crippen LogP contribution in [0.3, 0.4) is 0 Å². The lowest BCUT2D eigenvalue weighted by Crippen LogP contribution is -1.97. The van der Waals surface area contributed by atoms with Crippen molar-refractivity contribution in [2.75, 3.05) is 5.43 Å². The number of anilines is 1. The van der Waals surface area contributed by atoms with Crippen molar-refractivity contribution in [3.8, 4) is 12.1 Å². The summed E-state index contributed by atoms with van der Waals surface area (Å²) in [5.41, 5.74) is 4.48. The maximum atomic E-state index is 8.56. The van der Waals surface area contributed by atoms with Gasteiger partial charge in [0.15, 0.2) is 0 Å². The number of halogens is 1. The zero-order valence-electron chi connectivity index (χ0n) is 10.1. The summed E-state index contributed by atoms with van der Waals surface area (Å²) in [7, 11) is 0. The smallest absolute Gasteiger partial charge is 0.237 e. The normalized spacial score (nSPS) is 9.11. The van der Waals surface area contributed by atoms with Gasteiger partial charge in [0.2, 0.25) is 5.71 Å². The van der Waals surface area contributed by atoms with Crippen LogP contribution in [0.15, 0.2) is 27.8 Å². The SMILES string of the molecule is CCCCc1ccc(NN=C(C#N)C#N)c(Br)c1. The summed E-state index contributed by atoms with van der Waals surface area (Å²) in [4.78, 5) is 0. The first-order valence-electron chi connectivity index (χ1n) is 5.63. The predicted octanol–water partition coefficient (Wildman–Crippen LogP) is 3.61. The summed E-state index contributed by atoms with van der Waals surface area (Å²) in [6, 6.07) is 9.29. The van der Waals surface area contributed by atoms with Gasteiger partial charge in [0.25, 0.3) is 0 Å². The van der Waals surface area contributed by atoms with Gasteiger partial charge >= 0.3 is 0 Å². The summed E-state index contributed by atoms with van der Waals surface area (Å²) in [6.07, 6.45) is 3.36. The molecule has 0 aliphatic heterocycles. The molecule has 0 radical (unpaired) electrons. The topological polar surface area (TPSA) is 72.0 Å². The third-order valence-electron chi connectivity index (χ3n) is 2.35. The van der Waals surface area contributed by atoms with Crippen LogP contribution in [0.2, 0.25) is 0 Å². The van der Waals surface area contributed by atoms with Crippen molar-refractivity contribution >= 4 is 27.3 Å². The van der Waals surface area contributed by atoms with Crippen LogP contribution in [0.5, 0.6) is 0 Å². The third kappa shape index (κ3) is 4.20. The Morgan fingerprint density at radius 3 is 2.67 bits per heavy atom. The number of hydrogen-bond donors (Lipinski definition) is 1. The highest BCUT2D eigenvalue weighted by atomic mass is 79.9. The second-order valence-electron chi connectivity index (χ2n) is 3.71. The largest absolute Gasteiger partial charge is 0.275 e. The lowest BCUT2D eigenvalue weighted by molar-refractivity contribution is 0.795. The molecule has 92 valence electrons. The number of nitriles is 2. The summed E-state index contributed by atoms with van der Waals surface area (Å²) in [5, 5.41) is 20.8. The minimum absolute atomic E-state index is 0.197. The summed E-state index contributed by atoms with van der Waals surface area (Å²) < 4.78 is 0.870. The van der Waals surface area contributed by atoms with Crippen LogP contribution >= 0.6 is 15.9 Å². The van der Waals surface area contributed by atoms with E-state index in [1.807, 2.05) is 18.2 Å². The van der Waals surface area contributed by atoms with Crippen molar-refractivity contribution in [2.45, 2.75) is 26.2 Å². The number of rotatable bonds is 5. The van der Waals surface area contributed by atoms with Crippen LogP contribution in [0.25, 0.3) is 0 Å². The summed E-state index contributed by atoms with van der Waals surface area (Å²) in [5.74, 6) is 0. The molecular formula is C13H13BrN4. The number of hydrogen-bond acceptors (Lipinski definition) is 4. The van der Waals surface area contributed by atoms with Crippen molar-refractivity contribution in [2.24, 2.45) is 5.10 Å². The standard InChI is InChI=1S/C13H13BrN4/c1-2-3-4-10-5-6-13(12(14)7-10)18-17-11(8-15)9-16/h5-7,18H,2-4H2,1H3. The highest BCUT2D eigenvalue weighted by Crippen LogP contribution is 2.24. The maximum Gasteiger partial charge on any atom is 0.237 e. The molecule has 18 heavy (non-hydrogen) atoms. The van der Waals surface area contributed by atoms with Crippen molar-refractivity contribution < 1.29 is 0 Å². The van der Waals surface area contributed by atoms with Crippen molar-refractivity contribution in [1.82, 2.24) is 0 Å². The highest BCUT2D eigenvalue weighted by Gasteiger charge is 2.01. The van der Waals surface area contributed by atoms with Crippen LogP contribution in [0, 0.1) is 22.7 Å². The van der Waals surface area contributed by atoms with Gasteiger partial charge in [0.1, 0.15) is 12.1 Å². The van der Waals surface area contributed by atoms with Crippen LogP contribution in [-0.4, -0.2) is 5.71 Å². The van der Waals surface area contributed by atoms with E-state index < -0.39 is 0 Å². The Morgan fingerprint density at radius 1 is 1.39 bits per heavy atom. The Bertz CT molecular complexity index is 507. The molecule has 0 amide bonds. The molecule has 0 atom stereocenters. The fraction of sp³-hybridized carbons (Fsp3) is 0.308. The van der Waals surface area contributed by atoms with Crippen LogP contribution in [0.4, 0.5) is 5.69 Å². The van der Waals surface area contributed by atoms with Gasteiger partial charge in [-0.25, -0.2) is 0 Å². The minimum atomic E-state index is -0.197. The van der Waals surface area contributed by atoms with Gasteiger partial charge in [-0.2, -0.15) is 15.6 Å². The first kappa shape index (κ1) is 14.2. The molecular weight excluding hydrogens is 292 g/mol. The zero-order valence-corrected chi connectivity index (χ0v) is 11.7. The van der Waals surface area contributed by atoms with E-state index >= 15 is 0 Å². The minimum Gasteiger partial charge on any atom is -0.275 e. The Hall–Kier alpha value is -1.85. The lowest BCUT2D eigenvalue weighted by Gasteiger charge is -2.06. The van der Waals surface area contributed by atoms with Gasteiger partial charge in [-0.3, -0.25) is 5.43 Å².